The van der Waals surface area contributed by atoms with Gasteiger partial charge in [-0.3, -0.25) is 4.79 Å². The Morgan fingerprint density at radius 2 is 2.04 bits per heavy atom. The lowest BCUT2D eigenvalue weighted by Crippen LogP contribution is -2.10. The second kappa shape index (κ2) is 7.06. The van der Waals surface area contributed by atoms with Crippen LogP contribution < -0.4 is 5.56 Å². The van der Waals surface area contributed by atoms with Crippen molar-refractivity contribution in [3.8, 4) is 6.07 Å². The molecule has 1 aromatic carbocycles. The zero-order valence-electron chi connectivity index (χ0n) is 13.6. The minimum absolute atomic E-state index is 0.208. The number of allylic oxidation sites excluding steroid dienone is 3. The molecule has 0 atom stereocenters. The predicted octanol–water partition coefficient (Wildman–Crippen LogP) is 4.79. The van der Waals surface area contributed by atoms with Crippen molar-refractivity contribution in [1.29, 1.82) is 5.26 Å². The zero-order chi connectivity index (χ0) is 18.0. The van der Waals surface area contributed by atoms with Gasteiger partial charge in [0.1, 0.15) is 10.9 Å². The van der Waals surface area contributed by atoms with Gasteiger partial charge in [-0.1, -0.05) is 41.9 Å². The molecular formula is C19H14ClN3OS. The van der Waals surface area contributed by atoms with Gasteiger partial charge in [0.2, 0.25) is 0 Å². The summed E-state index contributed by atoms with van der Waals surface area (Å²) >= 11 is 7.68. The topological polar surface area (TPSA) is 69.5 Å². The number of aromatic nitrogens is 2. The standard InChI is InChI=1S/C19H14ClN3OS/c1-11-12(2)25-19-16(11)18(24)22-17(23-19)14(10-21)9-15(20)8-13-6-4-3-5-7-13/h3-9H,1-2H3,(H,22,23,24)/b14-9+,15-8-. The predicted molar refractivity (Wildman–Crippen MR) is 104 cm³/mol. The Kier molecular flexibility index (Phi) is 4.84. The number of hydrogen-bond acceptors (Lipinski definition) is 4. The Labute approximate surface area is 153 Å². The molecule has 0 amide bonds. The van der Waals surface area contributed by atoms with Crippen LogP contribution in [0.3, 0.4) is 0 Å². The Morgan fingerprint density at radius 1 is 1.32 bits per heavy atom. The molecule has 3 aromatic rings. The maximum Gasteiger partial charge on any atom is 0.260 e. The molecule has 25 heavy (non-hydrogen) atoms. The smallest absolute Gasteiger partial charge is 0.260 e. The van der Waals surface area contributed by atoms with Crippen molar-refractivity contribution in [2.24, 2.45) is 0 Å². The number of halogens is 1. The first-order chi connectivity index (χ1) is 12.0. The van der Waals surface area contributed by atoms with Gasteiger partial charge in [-0.25, -0.2) is 4.98 Å². The number of H-pyrrole nitrogens is 1. The second-order valence-corrected chi connectivity index (χ2v) is 7.13. The number of nitriles is 1. The first kappa shape index (κ1) is 17.2. The van der Waals surface area contributed by atoms with E-state index >= 15 is 0 Å². The molecule has 0 saturated carbocycles. The molecule has 0 fully saturated rings. The van der Waals surface area contributed by atoms with E-state index in [9.17, 15) is 10.1 Å². The zero-order valence-corrected chi connectivity index (χ0v) is 15.2. The van der Waals surface area contributed by atoms with E-state index < -0.39 is 0 Å². The fourth-order valence-electron chi connectivity index (χ4n) is 2.42. The van der Waals surface area contributed by atoms with Crippen LogP contribution in [-0.4, -0.2) is 9.97 Å². The number of benzene rings is 1. The van der Waals surface area contributed by atoms with Crippen molar-refractivity contribution in [3.63, 3.8) is 0 Å². The van der Waals surface area contributed by atoms with Crippen LogP contribution in [0.25, 0.3) is 21.9 Å². The van der Waals surface area contributed by atoms with Crippen LogP contribution in [-0.2, 0) is 0 Å². The number of thiophene rings is 1. The molecule has 124 valence electrons. The molecule has 0 aliphatic heterocycles. The van der Waals surface area contributed by atoms with Crippen LogP contribution in [0.5, 0.6) is 0 Å². The number of hydrogen-bond donors (Lipinski definition) is 1. The third-order valence-electron chi connectivity index (χ3n) is 3.80. The molecule has 2 aromatic heterocycles. The first-order valence-electron chi connectivity index (χ1n) is 7.54. The fourth-order valence-corrected chi connectivity index (χ4v) is 3.69. The maximum atomic E-state index is 12.4. The lowest BCUT2D eigenvalue weighted by Gasteiger charge is -2.00. The lowest BCUT2D eigenvalue weighted by atomic mass is 10.2. The molecule has 0 radical (unpaired) electrons. The molecule has 0 aliphatic carbocycles. The van der Waals surface area contributed by atoms with Crippen molar-refractivity contribution in [3.05, 3.63) is 73.6 Å². The van der Waals surface area contributed by atoms with E-state index in [1.807, 2.05) is 44.2 Å². The number of fused-ring (bicyclic) bond motifs is 1. The summed E-state index contributed by atoms with van der Waals surface area (Å²) in [6.45, 7) is 3.84. The highest BCUT2D eigenvalue weighted by atomic mass is 35.5. The minimum Gasteiger partial charge on any atom is -0.305 e. The van der Waals surface area contributed by atoms with E-state index in [4.69, 9.17) is 11.6 Å². The summed E-state index contributed by atoms with van der Waals surface area (Å²) in [4.78, 5) is 21.1. The summed E-state index contributed by atoms with van der Waals surface area (Å²) in [5.41, 5.74) is 1.80. The molecular weight excluding hydrogens is 354 g/mol. The largest absolute Gasteiger partial charge is 0.305 e. The maximum absolute atomic E-state index is 12.4. The van der Waals surface area contributed by atoms with E-state index in [-0.39, 0.29) is 17.0 Å². The normalized spacial score (nSPS) is 12.4. The van der Waals surface area contributed by atoms with Crippen LogP contribution in [0.4, 0.5) is 0 Å². The number of aryl methyl sites for hydroxylation is 2. The highest BCUT2D eigenvalue weighted by molar-refractivity contribution is 7.18. The Morgan fingerprint density at radius 3 is 2.72 bits per heavy atom. The molecule has 2 heterocycles. The second-order valence-electron chi connectivity index (χ2n) is 5.49. The Balaban J connectivity index is 2.07. The minimum atomic E-state index is -0.244. The molecule has 6 heteroatoms. The molecule has 0 unspecified atom stereocenters. The summed E-state index contributed by atoms with van der Waals surface area (Å²) in [6.07, 6.45) is 3.25. The molecule has 4 nitrogen and oxygen atoms in total. The Bertz CT molecular complexity index is 1100. The molecule has 0 saturated heterocycles. The number of aromatic amines is 1. The Hall–Kier alpha value is -2.68. The van der Waals surface area contributed by atoms with Crippen LogP contribution in [0.2, 0.25) is 0 Å². The van der Waals surface area contributed by atoms with Gasteiger partial charge in [0, 0.05) is 9.91 Å². The summed E-state index contributed by atoms with van der Waals surface area (Å²) in [5, 5.41) is 10.4. The van der Waals surface area contributed by atoms with E-state index in [0.29, 0.717) is 15.2 Å². The summed E-state index contributed by atoms with van der Waals surface area (Å²) in [5.74, 6) is 0.223. The van der Waals surface area contributed by atoms with Crippen molar-refractivity contribution >= 4 is 44.8 Å². The summed E-state index contributed by atoms with van der Waals surface area (Å²) in [6, 6.07) is 11.6. The van der Waals surface area contributed by atoms with Crippen molar-refractivity contribution in [2.75, 3.05) is 0 Å². The quantitative estimate of drug-likeness (QED) is 0.534. The van der Waals surface area contributed by atoms with Gasteiger partial charge in [-0.05, 0) is 37.1 Å². The van der Waals surface area contributed by atoms with Crippen molar-refractivity contribution < 1.29 is 0 Å². The summed E-state index contributed by atoms with van der Waals surface area (Å²) in [7, 11) is 0. The van der Waals surface area contributed by atoms with E-state index in [0.717, 1.165) is 16.0 Å². The monoisotopic (exact) mass is 367 g/mol. The highest BCUT2D eigenvalue weighted by Crippen LogP contribution is 2.27. The first-order valence-corrected chi connectivity index (χ1v) is 8.73. The van der Waals surface area contributed by atoms with Gasteiger partial charge in [-0.2, -0.15) is 5.26 Å². The third kappa shape index (κ3) is 3.55. The highest BCUT2D eigenvalue weighted by Gasteiger charge is 2.14. The average molecular weight is 368 g/mol. The van der Waals surface area contributed by atoms with Gasteiger partial charge in [0.15, 0.2) is 5.82 Å². The van der Waals surface area contributed by atoms with Gasteiger partial charge in [0.05, 0.1) is 11.0 Å². The van der Waals surface area contributed by atoms with Gasteiger partial charge >= 0.3 is 0 Å². The number of rotatable bonds is 3. The van der Waals surface area contributed by atoms with Gasteiger partial charge < -0.3 is 4.98 Å². The molecule has 0 spiro atoms. The lowest BCUT2D eigenvalue weighted by molar-refractivity contribution is 1.13. The van der Waals surface area contributed by atoms with Crippen LogP contribution in [0.1, 0.15) is 21.8 Å². The van der Waals surface area contributed by atoms with Crippen LogP contribution >= 0.6 is 22.9 Å². The third-order valence-corrected chi connectivity index (χ3v) is 5.12. The fraction of sp³-hybridized carbons (Fsp3) is 0.105. The van der Waals surface area contributed by atoms with Crippen molar-refractivity contribution in [2.45, 2.75) is 13.8 Å². The SMILES string of the molecule is Cc1sc2nc(/C(C#N)=C/C(Cl)=C/c3ccccc3)[nH]c(=O)c2c1C. The van der Waals surface area contributed by atoms with E-state index in [1.165, 1.54) is 17.4 Å². The number of nitrogens with zero attached hydrogens (tertiary/aromatic N) is 2. The molecule has 1 N–H and O–H groups in total. The van der Waals surface area contributed by atoms with Gasteiger partial charge in [-0.15, -0.1) is 11.3 Å². The van der Waals surface area contributed by atoms with Crippen LogP contribution in [0, 0.1) is 25.2 Å². The number of nitrogens with one attached hydrogen (secondary N) is 1. The van der Waals surface area contributed by atoms with Crippen molar-refractivity contribution in [1.82, 2.24) is 9.97 Å². The van der Waals surface area contributed by atoms with E-state index in [2.05, 4.69) is 16.0 Å². The molecule has 0 bridgehead atoms. The average Bonchev–Trinajstić information content (AvgIpc) is 2.88. The summed E-state index contributed by atoms with van der Waals surface area (Å²) < 4.78 is 0. The van der Waals surface area contributed by atoms with Gasteiger partial charge in [0.25, 0.3) is 5.56 Å². The molecule has 3 rings (SSSR count). The van der Waals surface area contributed by atoms with Crippen LogP contribution in [0.15, 0.2) is 46.2 Å². The molecule has 0 aliphatic rings. The van der Waals surface area contributed by atoms with E-state index in [1.54, 1.807) is 6.08 Å².